The minimum absolute atomic E-state index is 0. The van der Waals surface area contributed by atoms with Crippen LogP contribution in [-0.4, -0.2) is 57.2 Å². The minimum Gasteiger partial charge on any atom is -0.493 e. The zero-order valence-corrected chi connectivity index (χ0v) is 17.8. The Hall–Kier alpha value is -1.02. The highest BCUT2D eigenvalue weighted by Gasteiger charge is 2.20. The van der Waals surface area contributed by atoms with Crippen molar-refractivity contribution in [2.45, 2.75) is 32.2 Å². The lowest BCUT2D eigenvalue weighted by atomic mass is 10.0. The van der Waals surface area contributed by atoms with Crippen LogP contribution >= 0.6 is 24.0 Å². The highest BCUT2D eigenvalue weighted by atomic mass is 127. The molecule has 2 N–H and O–H groups in total. The summed E-state index contributed by atoms with van der Waals surface area (Å²) in [4.78, 5) is 6.50. The Morgan fingerprint density at radius 1 is 1.29 bits per heavy atom. The number of guanidine groups is 1. The van der Waals surface area contributed by atoms with Crippen molar-refractivity contribution in [2.75, 3.05) is 40.8 Å². The average molecular weight is 446 g/mol. The van der Waals surface area contributed by atoms with E-state index < -0.39 is 0 Å². The van der Waals surface area contributed by atoms with Gasteiger partial charge < -0.3 is 20.3 Å². The van der Waals surface area contributed by atoms with Gasteiger partial charge in [-0.05, 0) is 51.6 Å². The predicted octanol–water partition coefficient (Wildman–Crippen LogP) is 2.29. The maximum Gasteiger partial charge on any atom is 0.191 e. The molecule has 0 aliphatic carbocycles. The van der Waals surface area contributed by atoms with Gasteiger partial charge in [-0.1, -0.05) is 12.1 Å². The first-order chi connectivity index (χ1) is 10.9. The van der Waals surface area contributed by atoms with Gasteiger partial charge in [0.1, 0.15) is 5.75 Å². The molecular weight excluding hydrogens is 415 g/mol. The molecule has 0 atom stereocenters. The largest absolute Gasteiger partial charge is 0.493 e. The van der Waals surface area contributed by atoms with Crippen LogP contribution in [0.15, 0.2) is 23.2 Å². The summed E-state index contributed by atoms with van der Waals surface area (Å²) in [5.74, 6) is 1.90. The molecule has 2 rings (SSSR count). The van der Waals surface area contributed by atoms with E-state index in [-0.39, 0.29) is 29.5 Å². The average Bonchev–Trinajstić information content (AvgIpc) is 2.98. The molecule has 1 heterocycles. The van der Waals surface area contributed by atoms with Gasteiger partial charge in [-0.25, -0.2) is 0 Å². The highest BCUT2D eigenvalue weighted by Crippen LogP contribution is 2.25. The summed E-state index contributed by atoms with van der Waals surface area (Å²) in [6.45, 7) is 6.94. The molecular formula is C18H31IN4O. The Kier molecular flexibility index (Phi) is 8.29. The van der Waals surface area contributed by atoms with Crippen LogP contribution in [-0.2, 0) is 12.8 Å². The zero-order chi connectivity index (χ0) is 16.9. The minimum atomic E-state index is 0. The number of halogens is 1. The second-order valence-electron chi connectivity index (χ2n) is 6.85. The molecule has 0 aromatic heterocycles. The fraction of sp³-hybridized carbons (Fsp3) is 0.611. The molecule has 1 aliphatic heterocycles. The molecule has 0 radical (unpaired) electrons. The van der Waals surface area contributed by atoms with Gasteiger partial charge in [0.05, 0.1) is 6.61 Å². The summed E-state index contributed by atoms with van der Waals surface area (Å²) in [5, 5.41) is 6.78. The molecule has 1 aromatic carbocycles. The first-order valence-electron chi connectivity index (χ1n) is 8.29. The van der Waals surface area contributed by atoms with E-state index in [4.69, 9.17) is 4.74 Å². The lowest BCUT2D eigenvalue weighted by molar-refractivity contribution is 0.197. The zero-order valence-electron chi connectivity index (χ0n) is 15.5. The summed E-state index contributed by atoms with van der Waals surface area (Å²) >= 11 is 0. The first kappa shape index (κ1) is 21.0. The molecule has 0 fully saturated rings. The van der Waals surface area contributed by atoms with Crippen molar-refractivity contribution in [3.63, 3.8) is 0 Å². The maximum absolute atomic E-state index is 5.55. The van der Waals surface area contributed by atoms with Crippen molar-refractivity contribution in [3.8, 4) is 5.75 Å². The Morgan fingerprint density at radius 3 is 2.71 bits per heavy atom. The number of hydrogen-bond donors (Lipinski definition) is 2. The SMILES string of the molecule is CN=C(NCCc1ccc2c(c1)CCO2)NCC(C)(C)N(C)C.I. The van der Waals surface area contributed by atoms with E-state index in [1.54, 1.807) is 0 Å². The highest BCUT2D eigenvalue weighted by molar-refractivity contribution is 14.0. The normalized spacial score (nSPS) is 14.0. The Balaban J connectivity index is 0.00000288. The maximum atomic E-state index is 5.55. The van der Waals surface area contributed by atoms with E-state index in [1.165, 1.54) is 11.1 Å². The van der Waals surface area contributed by atoms with E-state index in [0.717, 1.165) is 44.2 Å². The Morgan fingerprint density at radius 2 is 2.04 bits per heavy atom. The first-order valence-corrected chi connectivity index (χ1v) is 8.29. The lowest BCUT2D eigenvalue weighted by Gasteiger charge is -2.33. The van der Waals surface area contributed by atoms with Crippen LogP contribution in [0.4, 0.5) is 0 Å². The number of fused-ring (bicyclic) bond motifs is 1. The van der Waals surface area contributed by atoms with E-state index in [0.29, 0.717) is 0 Å². The summed E-state index contributed by atoms with van der Waals surface area (Å²) in [5.41, 5.74) is 2.75. The molecule has 0 saturated heterocycles. The number of benzene rings is 1. The number of nitrogens with zero attached hydrogens (tertiary/aromatic N) is 2. The van der Waals surface area contributed by atoms with Crippen molar-refractivity contribution in [1.82, 2.24) is 15.5 Å². The second kappa shape index (κ2) is 9.46. The predicted molar refractivity (Wildman–Crippen MR) is 112 cm³/mol. The summed E-state index contributed by atoms with van der Waals surface area (Å²) in [6.07, 6.45) is 2.00. The monoisotopic (exact) mass is 446 g/mol. The Bertz CT molecular complexity index is 558. The van der Waals surface area contributed by atoms with Gasteiger partial charge in [-0.15, -0.1) is 24.0 Å². The number of likely N-dealkylation sites (N-methyl/N-ethyl adjacent to an activating group) is 1. The molecule has 0 unspecified atom stereocenters. The fourth-order valence-corrected chi connectivity index (χ4v) is 2.40. The van der Waals surface area contributed by atoms with Gasteiger partial charge in [0.25, 0.3) is 0 Å². The van der Waals surface area contributed by atoms with Crippen LogP contribution in [0, 0.1) is 0 Å². The third-order valence-electron chi connectivity index (χ3n) is 4.58. The Labute approximate surface area is 163 Å². The summed E-state index contributed by atoms with van der Waals surface area (Å²) in [6, 6.07) is 6.50. The van der Waals surface area contributed by atoms with E-state index >= 15 is 0 Å². The molecule has 136 valence electrons. The van der Waals surface area contributed by atoms with E-state index in [1.807, 2.05) is 7.05 Å². The van der Waals surface area contributed by atoms with Crippen LogP contribution in [0.1, 0.15) is 25.0 Å². The lowest BCUT2D eigenvalue weighted by Crippen LogP contribution is -2.51. The van der Waals surface area contributed by atoms with Gasteiger partial charge >= 0.3 is 0 Å². The quantitative estimate of drug-likeness (QED) is 0.400. The van der Waals surface area contributed by atoms with Crippen molar-refractivity contribution in [2.24, 2.45) is 4.99 Å². The standard InChI is InChI=1S/C18H30N4O.HI/c1-18(2,22(4)5)13-21-17(19-3)20-10-8-14-6-7-16-15(12-14)9-11-23-16;/h6-7,12H,8-11,13H2,1-5H3,(H2,19,20,21);1H. The van der Waals surface area contributed by atoms with Crippen molar-refractivity contribution in [3.05, 3.63) is 29.3 Å². The number of ether oxygens (including phenoxy) is 1. The number of hydrogen-bond acceptors (Lipinski definition) is 3. The van der Waals surface area contributed by atoms with Gasteiger partial charge in [0.15, 0.2) is 5.96 Å². The van der Waals surface area contributed by atoms with Crippen molar-refractivity contribution >= 4 is 29.9 Å². The molecule has 0 bridgehead atoms. The third kappa shape index (κ3) is 5.81. The molecule has 1 aliphatic rings. The van der Waals surface area contributed by atoms with Gasteiger partial charge in [-0.3, -0.25) is 4.99 Å². The van der Waals surface area contributed by atoms with Crippen LogP contribution < -0.4 is 15.4 Å². The molecule has 6 heteroatoms. The number of nitrogens with one attached hydrogen (secondary N) is 2. The van der Waals surface area contributed by atoms with Crippen molar-refractivity contribution < 1.29 is 4.74 Å². The summed E-state index contributed by atoms with van der Waals surface area (Å²) < 4.78 is 5.55. The smallest absolute Gasteiger partial charge is 0.191 e. The second-order valence-corrected chi connectivity index (χ2v) is 6.85. The van der Waals surface area contributed by atoms with Crippen LogP contribution in [0.25, 0.3) is 0 Å². The topological polar surface area (TPSA) is 48.9 Å². The summed E-state index contributed by atoms with van der Waals surface area (Å²) in [7, 11) is 6.00. The molecule has 0 saturated carbocycles. The van der Waals surface area contributed by atoms with Crippen LogP contribution in [0.3, 0.4) is 0 Å². The van der Waals surface area contributed by atoms with Gasteiger partial charge in [-0.2, -0.15) is 0 Å². The van der Waals surface area contributed by atoms with Crippen LogP contribution in [0.2, 0.25) is 0 Å². The van der Waals surface area contributed by atoms with E-state index in [2.05, 4.69) is 66.7 Å². The van der Waals surface area contributed by atoms with Gasteiger partial charge in [0.2, 0.25) is 0 Å². The van der Waals surface area contributed by atoms with Gasteiger partial charge in [0, 0.05) is 32.1 Å². The molecule has 0 amide bonds. The third-order valence-corrected chi connectivity index (χ3v) is 4.58. The fourth-order valence-electron chi connectivity index (χ4n) is 2.40. The molecule has 0 spiro atoms. The van der Waals surface area contributed by atoms with E-state index in [9.17, 15) is 0 Å². The molecule has 1 aromatic rings. The number of rotatable bonds is 6. The van der Waals surface area contributed by atoms with Crippen LogP contribution in [0.5, 0.6) is 5.75 Å². The number of aliphatic imine (C=N–C) groups is 1. The molecule has 24 heavy (non-hydrogen) atoms. The van der Waals surface area contributed by atoms with Crippen molar-refractivity contribution in [1.29, 1.82) is 0 Å². The molecule has 5 nitrogen and oxygen atoms in total.